The van der Waals surface area contributed by atoms with E-state index in [-0.39, 0.29) is 0 Å². The highest BCUT2D eigenvalue weighted by Gasteiger charge is 2.31. The largest absolute Gasteiger partial charge is 0.456 e. The number of rotatable bonds is 1. The van der Waals surface area contributed by atoms with Crippen LogP contribution in [0.4, 0.5) is 0 Å². The quantitative estimate of drug-likeness (QED) is 0.286. The fraction of sp³-hybridized carbons (Fsp3) is 0.296. The van der Waals surface area contributed by atoms with E-state index in [1.165, 1.54) is 60.6 Å². The fourth-order valence-corrected chi connectivity index (χ4v) is 5.00. The normalized spacial score (nSPS) is 12.6. The highest BCUT2D eigenvalue weighted by Crippen LogP contribution is 2.49. The highest BCUT2D eigenvalue weighted by atomic mass is 16.5. The van der Waals surface area contributed by atoms with Gasteiger partial charge in [0.2, 0.25) is 5.69 Å². The SMILES string of the molecule is Cc1cc(C)c2cc3c(c(C)c2c1)-c1c2c(cc(C(C)C)cc2c(C)c[n+]1C)O3. The summed E-state index contributed by atoms with van der Waals surface area (Å²) < 4.78 is 8.89. The smallest absolute Gasteiger partial charge is 0.228 e. The molecule has 0 fully saturated rings. The van der Waals surface area contributed by atoms with E-state index in [1.54, 1.807) is 0 Å². The van der Waals surface area contributed by atoms with Crippen molar-refractivity contribution in [3.05, 3.63) is 64.3 Å². The summed E-state index contributed by atoms with van der Waals surface area (Å²) in [6.07, 6.45) is 2.26. The monoisotopic (exact) mass is 382 g/mol. The molecule has 0 saturated heterocycles. The molecule has 0 spiro atoms. The molecule has 0 unspecified atom stereocenters. The van der Waals surface area contributed by atoms with Gasteiger partial charge in [0.25, 0.3) is 0 Å². The summed E-state index contributed by atoms with van der Waals surface area (Å²) in [5.41, 5.74) is 8.99. The first-order chi connectivity index (χ1) is 13.8. The molecule has 1 aliphatic heterocycles. The molecule has 0 N–H and O–H groups in total. The minimum absolute atomic E-state index is 0.459. The molecule has 0 bridgehead atoms. The molecule has 0 amide bonds. The van der Waals surface area contributed by atoms with Gasteiger partial charge in [-0.15, -0.1) is 0 Å². The van der Waals surface area contributed by atoms with E-state index < -0.39 is 0 Å². The van der Waals surface area contributed by atoms with Crippen LogP contribution in [0.2, 0.25) is 0 Å². The molecule has 0 radical (unpaired) electrons. The Morgan fingerprint density at radius 2 is 1.55 bits per heavy atom. The van der Waals surface area contributed by atoms with Crippen molar-refractivity contribution in [3.8, 4) is 22.8 Å². The number of ether oxygens (including phenoxy) is 1. The number of pyridine rings is 1. The number of fused-ring (bicyclic) bond motifs is 3. The molecule has 0 saturated carbocycles. The van der Waals surface area contributed by atoms with Crippen molar-refractivity contribution < 1.29 is 9.30 Å². The number of aromatic nitrogens is 1. The van der Waals surface area contributed by atoms with Gasteiger partial charge in [0.05, 0.1) is 10.9 Å². The second-order valence-corrected chi connectivity index (χ2v) is 9.02. The third kappa shape index (κ3) is 2.51. The molecular formula is C27H28NO+. The Morgan fingerprint density at radius 1 is 0.793 bits per heavy atom. The van der Waals surface area contributed by atoms with Crippen molar-refractivity contribution in [2.75, 3.05) is 0 Å². The Balaban J connectivity index is 1.97. The predicted octanol–water partition coefficient (Wildman–Crippen LogP) is 6.95. The zero-order valence-electron chi connectivity index (χ0n) is 18.4. The van der Waals surface area contributed by atoms with Crippen molar-refractivity contribution >= 4 is 21.5 Å². The van der Waals surface area contributed by atoms with Gasteiger partial charge in [-0.25, -0.2) is 0 Å². The van der Waals surface area contributed by atoms with E-state index in [2.05, 4.69) is 89.7 Å². The Morgan fingerprint density at radius 3 is 2.28 bits per heavy atom. The summed E-state index contributed by atoms with van der Waals surface area (Å²) in [5, 5.41) is 5.13. The molecule has 1 aromatic heterocycles. The molecule has 0 atom stereocenters. The molecule has 3 aromatic carbocycles. The van der Waals surface area contributed by atoms with Crippen LogP contribution in [0.3, 0.4) is 0 Å². The van der Waals surface area contributed by atoms with Gasteiger partial charge in [-0.3, -0.25) is 0 Å². The van der Waals surface area contributed by atoms with Crippen LogP contribution < -0.4 is 9.30 Å². The van der Waals surface area contributed by atoms with E-state index in [4.69, 9.17) is 4.74 Å². The fourth-order valence-electron chi connectivity index (χ4n) is 5.00. The second-order valence-electron chi connectivity index (χ2n) is 9.02. The van der Waals surface area contributed by atoms with Gasteiger partial charge in [-0.2, -0.15) is 4.57 Å². The molecule has 0 aliphatic carbocycles. The topological polar surface area (TPSA) is 13.1 Å². The van der Waals surface area contributed by atoms with Gasteiger partial charge in [-0.05, 0) is 79.3 Å². The zero-order valence-corrected chi connectivity index (χ0v) is 18.4. The van der Waals surface area contributed by atoms with Crippen molar-refractivity contribution in [3.63, 3.8) is 0 Å². The minimum Gasteiger partial charge on any atom is -0.456 e. The predicted molar refractivity (Wildman–Crippen MR) is 121 cm³/mol. The first-order valence-electron chi connectivity index (χ1n) is 10.5. The number of benzene rings is 3. The summed E-state index contributed by atoms with van der Waals surface area (Å²) in [4.78, 5) is 0. The van der Waals surface area contributed by atoms with Crippen molar-refractivity contribution in [2.45, 2.75) is 47.5 Å². The molecule has 4 aromatic rings. The standard InChI is InChI=1S/C27H28NO/c1-14(2)19-10-21-17(5)13-28(7)27-25-18(6)22-9-15(3)8-16(4)20(22)12-24(25)29-23(11-19)26(21)27/h8-14H,1-7H3/q+1. The summed E-state index contributed by atoms with van der Waals surface area (Å²) in [5.74, 6) is 2.41. The van der Waals surface area contributed by atoms with Crippen LogP contribution in [0.1, 0.15) is 47.6 Å². The van der Waals surface area contributed by atoms with Gasteiger partial charge < -0.3 is 4.74 Å². The number of hydrogen-bond acceptors (Lipinski definition) is 1. The Hall–Kier alpha value is -2.87. The number of hydrogen-bond donors (Lipinski definition) is 0. The third-order valence-electron chi connectivity index (χ3n) is 6.48. The lowest BCUT2D eigenvalue weighted by molar-refractivity contribution is -0.659. The lowest BCUT2D eigenvalue weighted by Crippen LogP contribution is -2.32. The first-order valence-corrected chi connectivity index (χ1v) is 10.5. The van der Waals surface area contributed by atoms with Gasteiger partial charge in [0, 0.05) is 10.9 Å². The van der Waals surface area contributed by atoms with Gasteiger partial charge in [0.15, 0.2) is 6.20 Å². The van der Waals surface area contributed by atoms with Crippen LogP contribution in [0.5, 0.6) is 11.5 Å². The summed E-state index contributed by atoms with van der Waals surface area (Å²) >= 11 is 0. The minimum atomic E-state index is 0.459. The van der Waals surface area contributed by atoms with Gasteiger partial charge in [-0.1, -0.05) is 31.5 Å². The van der Waals surface area contributed by atoms with Crippen molar-refractivity contribution in [1.29, 1.82) is 0 Å². The molecule has 2 nitrogen and oxygen atoms in total. The van der Waals surface area contributed by atoms with E-state index in [0.717, 1.165) is 11.5 Å². The maximum atomic E-state index is 6.61. The molecule has 1 aliphatic rings. The lowest BCUT2D eigenvalue weighted by Gasteiger charge is -2.24. The Bertz CT molecular complexity index is 1340. The summed E-state index contributed by atoms with van der Waals surface area (Å²) in [6, 6.07) is 11.4. The van der Waals surface area contributed by atoms with Crippen LogP contribution in [-0.2, 0) is 7.05 Å². The van der Waals surface area contributed by atoms with Gasteiger partial charge >= 0.3 is 0 Å². The molecular weight excluding hydrogens is 354 g/mol. The maximum Gasteiger partial charge on any atom is 0.228 e. The zero-order chi connectivity index (χ0) is 20.6. The van der Waals surface area contributed by atoms with Crippen LogP contribution in [-0.4, -0.2) is 0 Å². The molecule has 2 heterocycles. The van der Waals surface area contributed by atoms with Gasteiger partial charge in [0.1, 0.15) is 18.5 Å². The van der Waals surface area contributed by atoms with Crippen LogP contribution in [0.15, 0.2) is 36.5 Å². The molecule has 5 rings (SSSR count). The average Bonchev–Trinajstić information content (AvgIpc) is 2.65. The van der Waals surface area contributed by atoms with E-state index >= 15 is 0 Å². The number of aryl methyl sites for hydroxylation is 5. The second kappa shape index (κ2) is 6.06. The van der Waals surface area contributed by atoms with Crippen molar-refractivity contribution in [2.24, 2.45) is 7.05 Å². The van der Waals surface area contributed by atoms with E-state index in [0.29, 0.717) is 5.92 Å². The maximum absolute atomic E-state index is 6.61. The third-order valence-corrected chi connectivity index (χ3v) is 6.48. The van der Waals surface area contributed by atoms with Crippen LogP contribution in [0.25, 0.3) is 32.8 Å². The lowest BCUT2D eigenvalue weighted by atomic mass is 9.88. The van der Waals surface area contributed by atoms with E-state index in [9.17, 15) is 0 Å². The highest BCUT2D eigenvalue weighted by molar-refractivity contribution is 6.06. The first kappa shape index (κ1) is 18.2. The number of nitrogens with zero attached hydrogens (tertiary/aromatic N) is 1. The molecule has 29 heavy (non-hydrogen) atoms. The van der Waals surface area contributed by atoms with Crippen molar-refractivity contribution in [1.82, 2.24) is 0 Å². The van der Waals surface area contributed by atoms with Crippen LogP contribution >= 0.6 is 0 Å². The average molecular weight is 383 g/mol. The Kier molecular flexibility index (Phi) is 3.80. The van der Waals surface area contributed by atoms with Crippen LogP contribution in [0, 0.1) is 27.7 Å². The Labute approximate surface area is 172 Å². The summed E-state index contributed by atoms with van der Waals surface area (Å²) in [6.45, 7) is 13.3. The van der Waals surface area contributed by atoms with E-state index in [1.807, 2.05) is 0 Å². The molecule has 2 heteroatoms. The molecule has 146 valence electrons. The summed E-state index contributed by atoms with van der Waals surface area (Å²) in [7, 11) is 2.15.